The monoisotopic (exact) mass is 559 g/mol. The molecule has 4 N–H and O–H groups in total. The number of benzene rings is 1. The maximum atomic E-state index is 13.7. The summed E-state index contributed by atoms with van der Waals surface area (Å²) in [4.78, 5) is 40.1. The molecule has 1 unspecified atom stereocenters. The fraction of sp³-hybridized carbons (Fsp3) is 0.700. The highest BCUT2D eigenvalue weighted by Gasteiger charge is 2.48. The molecular formula is C30H46ClN5O3. The number of amides is 3. The molecule has 9 heteroatoms. The molecule has 1 aliphatic carbocycles. The molecule has 0 bridgehead atoms. The third-order valence-corrected chi connectivity index (χ3v) is 8.87. The van der Waals surface area contributed by atoms with Gasteiger partial charge in [-0.05, 0) is 89.5 Å². The molecule has 216 valence electrons. The van der Waals surface area contributed by atoms with E-state index in [-0.39, 0.29) is 29.3 Å². The number of carbonyl (C=O) groups is 3. The maximum Gasteiger partial charge on any atom is 0.257 e. The van der Waals surface area contributed by atoms with Crippen molar-refractivity contribution in [2.45, 2.75) is 103 Å². The summed E-state index contributed by atoms with van der Waals surface area (Å²) in [6.45, 7) is 8.11. The van der Waals surface area contributed by atoms with Crippen LogP contribution in [0.1, 0.15) is 84.1 Å². The summed E-state index contributed by atoms with van der Waals surface area (Å²) in [6, 6.07) is 6.38. The van der Waals surface area contributed by atoms with Gasteiger partial charge in [0, 0.05) is 30.1 Å². The zero-order valence-electron chi connectivity index (χ0n) is 23.8. The van der Waals surface area contributed by atoms with Crippen LogP contribution < -0.4 is 21.4 Å². The Morgan fingerprint density at radius 2 is 1.69 bits per heavy atom. The molecule has 1 aromatic rings. The Bertz CT molecular complexity index is 989. The Morgan fingerprint density at radius 3 is 2.28 bits per heavy atom. The van der Waals surface area contributed by atoms with E-state index in [9.17, 15) is 14.4 Å². The molecule has 3 amide bonds. The van der Waals surface area contributed by atoms with Gasteiger partial charge in [0.25, 0.3) is 5.91 Å². The third kappa shape index (κ3) is 7.95. The van der Waals surface area contributed by atoms with Crippen molar-refractivity contribution in [2.24, 2.45) is 11.3 Å². The molecule has 39 heavy (non-hydrogen) atoms. The summed E-state index contributed by atoms with van der Waals surface area (Å²) < 4.78 is 0. The standard InChI is InChI=1S/C30H46ClN5O3/c1-29(2,3)34-28(39)30(22-8-5-4-6-9-22)15-18-36(19-16-30)35-27(38)25(20-21-11-13-23(31)14-12-21)33-26(37)24-10-7-17-32-24/h11-14,22,24-25,32H,4-10,15-20H2,1-3H3,(H,33,37)(H,34,39)(H,35,38)/t24-,25?/m1/s1. The molecule has 2 heterocycles. The number of hydrazine groups is 1. The van der Waals surface area contributed by atoms with Gasteiger partial charge >= 0.3 is 0 Å². The molecule has 2 aliphatic heterocycles. The SMILES string of the molecule is CC(C)(C)NC(=O)C1(C2CCCCC2)CCN(NC(=O)C(Cc2ccc(Cl)cc2)NC(=O)[C@H]2CCCN2)CC1. The summed E-state index contributed by atoms with van der Waals surface area (Å²) in [7, 11) is 0. The molecule has 2 saturated heterocycles. The minimum atomic E-state index is -0.713. The normalized spacial score (nSPS) is 23.1. The number of carbonyl (C=O) groups excluding carboxylic acids is 3. The summed E-state index contributed by atoms with van der Waals surface area (Å²) in [5, 5.41) is 12.0. The van der Waals surface area contributed by atoms with Crippen LogP contribution >= 0.6 is 11.6 Å². The fourth-order valence-corrected chi connectivity index (χ4v) is 6.56. The van der Waals surface area contributed by atoms with Crippen molar-refractivity contribution in [2.75, 3.05) is 19.6 Å². The number of nitrogens with zero attached hydrogens (tertiary/aromatic N) is 1. The largest absolute Gasteiger partial charge is 0.351 e. The average molecular weight is 560 g/mol. The smallest absolute Gasteiger partial charge is 0.257 e. The van der Waals surface area contributed by atoms with Gasteiger partial charge in [0.1, 0.15) is 6.04 Å². The Hall–Kier alpha value is -2.16. The molecule has 4 rings (SSSR count). The van der Waals surface area contributed by atoms with Crippen molar-refractivity contribution < 1.29 is 14.4 Å². The maximum absolute atomic E-state index is 13.7. The quantitative estimate of drug-likeness (QED) is 0.389. The van der Waals surface area contributed by atoms with Crippen molar-refractivity contribution >= 4 is 29.3 Å². The fourth-order valence-electron chi connectivity index (χ4n) is 6.44. The second kappa shape index (κ2) is 13.0. The zero-order valence-corrected chi connectivity index (χ0v) is 24.5. The Balaban J connectivity index is 1.43. The van der Waals surface area contributed by atoms with Gasteiger partial charge < -0.3 is 16.0 Å². The topological polar surface area (TPSA) is 103 Å². The lowest BCUT2D eigenvalue weighted by Gasteiger charge is -2.47. The van der Waals surface area contributed by atoms with Crippen molar-refractivity contribution in [3.8, 4) is 0 Å². The summed E-state index contributed by atoms with van der Waals surface area (Å²) in [5.41, 5.74) is 3.31. The molecule has 0 aromatic heterocycles. The van der Waals surface area contributed by atoms with E-state index in [0.29, 0.717) is 43.3 Å². The Labute approximate surface area is 238 Å². The molecule has 2 atom stereocenters. The van der Waals surface area contributed by atoms with Crippen LogP contribution in [0, 0.1) is 11.3 Å². The number of hydrogen-bond donors (Lipinski definition) is 4. The zero-order chi connectivity index (χ0) is 28.0. The van der Waals surface area contributed by atoms with Gasteiger partial charge in [0.2, 0.25) is 11.8 Å². The van der Waals surface area contributed by atoms with Crippen LogP contribution in [-0.4, -0.2) is 60.0 Å². The van der Waals surface area contributed by atoms with Crippen molar-refractivity contribution in [3.63, 3.8) is 0 Å². The molecule has 8 nitrogen and oxygen atoms in total. The first kappa shape index (κ1) is 29.8. The van der Waals surface area contributed by atoms with E-state index < -0.39 is 11.5 Å². The van der Waals surface area contributed by atoms with E-state index in [1.807, 2.05) is 37.9 Å². The first-order valence-corrected chi connectivity index (χ1v) is 15.1. The van der Waals surface area contributed by atoms with Crippen LogP contribution in [0.5, 0.6) is 0 Å². The van der Waals surface area contributed by atoms with Crippen molar-refractivity contribution in [1.82, 2.24) is 26.4 Å². The predicted molar refractivity (Wildman–Crippen MR) is 154 cm³/mol. The number of rotatable bonds is 8. The van der Waals surface area contributed by atoms with Gasteiger partial charge in [0.15, 0.2) is 0 Å². The summed E-state index contributed by atoms with van der Waals surface area (Å²) in [5.74, 6) is 0.156. The molecule has 1 aromatic carbocycles. The van der Waals surface area contributed by atoms with Gasteiger partial charge in [-0.2, -0.15) is 0 Å². The molecule has 0 spiro atoms. The van der Waals surface area contributed by atoms with E-state index in [0.717, 1.165) is 37.8 Å². The summed E-state index contributed by atoms with van der Waals surface area (Å²) in [6.07, 6.45) is 9.29. The van der Waals surface area contributed by atoms with Gasteiger partial charge in [-0.3, -0.25) is 19.8 Å². The van der Waals surface area contributed by atoms with Crippen molar-refractivity contribution in [1.29, 1.82) is 0 Å². The molecular weight excluding hydrogens is 514 g/mol. The minimum absolute atomic E-state index is 0.143. The molecule has 3 aliphatic rings. The summed E-state index contributed by atoms with van der Waals surface area (Å²) >= 11 is 6.05. The lowest BCUT2D eigenvalue weighted by Crippen LogP contribution is -2.60. The lowest BCUT2D eigenvalue weighted by atomic mass is 9.63. The highest BCUT2D eigenvalue weighted by Crippen LogP contribution is 2.46. The van der Waals surface area contributed by atoms with Crippen molar-refractivity contribution in [3.05, 3.63) is 34.9 Å². The van der Waals surface area contributed by atoms with Crippen LogP contribution in [-0.2, 0) is 20.8 Å². The number of piperidine rings is 1. The highest BCUT2D eigenvalue weighted by atomic mass is 35.5. The first-order chi connectivity index (χ1) is 18.6. The minimum Gasteiger partial charge on any atom is -0.351 e. The average Bonchev–Trinajstić information content (AvgIpc) is 3.45. The predicted octanol–water partition coefficient (Wildman–Crippen LogP) is 3.73. The van der Waals surface area contributed by atoms with Crippen LogP contribution in [0.2, 0.25) is 5.02 Å². The highest BCUT2D eigenvalue weighted by molar-refractivity contribution is 6.30. The second-order valence-electron chi connectivity index (χ2n) is 12.7. The van der Waals surface area contributed by atoms with Crippen LogP contribution in [0.4, 0.5) is 0 Å². The van der Waals surface area contributed by atoms with E-state index in [2.05, 4.69) is 21.4 Å². The Kier molecular flexibility index (Phi) is 9.94. The van der Waals surface area contributed by atoms with Gasteiger partial charge in [0.05, 0.1) is 11.5 Å². The molecule has 3 fully saturated rings. The van der Waals surface area contributed by atoms with Crippen LogP contribution in [0.25, 0.3) is 0 Å². The van der Waals surface area contributed by atoms with Crippen LogP contribution in [0.3, 0.4) is 0 Å². The van der Waals surface area contributed by atoms with Gasteiger partial charge in [-0.1, -0.05) is 43.0 Å². The Morgan fingerprint density at radius 1 is 1.03 bits per heavy atom. The number of nitrogens with one attached hydrogen (secondary N) is 4. The molecule has 1 saturated carbocycles. The van der Waals surface area contributed by atoms with E-state index in [1.54, 1.807) is 12.1 Å². The van der Waals surface area contributed by atoms with Crippen LogP contribution in [0.15, 0.2) is 24.3 Å². The van der Waals surface area contributed by atoms with Gasteiger partial charge in [-0.15, -0.1) is 0 Å². The second-order valence-corrected chi connectivity index (χ2v) is 13.1. The number of halogens is 1. The third-order valence-electron chi connectivity index (χ3n) is 8.61. The number of hydrogen-bond acceptors (Lipinski definition) is 5. The first-order valence-electron chi connectivity index (χ1n) is 14.7. The lowest BCUT2D eigenvalue weighted by molar-refractivity contribution is -0.143. The van der Waals surface area contributed by atoms with E-state index in [4.69, 9.17) is 11.6 Å². The van der Waals surface area contributed by atoms with E-state index in [1.165, 1.54) is 19.3 Å². The van der Waals surface area contributed by atoms with Gasteiger partial charge in [-0.25, -0.2) is 5.01 Å². The van der Waals surface area contributed by atoms with E-state index >= 15 is 0 Å². The molecule has 0 radical (unpaired) electrons.